The normalized spacial score (nSPS) is 15.0. The van der Waals surface area contributed by atoms with E-state index in [0.29, 0.717) is 10.7 Å². The first-order valence-corrected chi connectivity index (χ1v) is 8.70. The van der Waals surface area contributed by atoms with Crippen molar-refractivity contribution in [3.8, 4) is 5.75 Å². The molecule has 132 valence electrons. The molecular weight excluding hydrogens is 350 g/mol. The third-order valence-electron chi connectivity index (χ3n) is 3.49. The van der Waals surface area contributed by atoms with Crippen LogP contribution < -0.4 is 15.4 Å². The summed E-state index contributed by atoms with van der Waals surface area (Å²) in [7, 11) is 0. The van der Waals surface area contributed by atoms with Crippen LogP contribution in [0.5, 0.6) is 5.75 Å². The summed E-state index contributed by atoms with van der Waals surface area (Å²) in [6, 6.07) is 14.6. The van der Waals surface area contributed by atoms with Crippen LogP contribution in [0.3, 0.4) is 0 Å². The van der Waals surface area contributed by atoms with Gasteiger partial charge in [-0.1, -0.05) is 24.3 Å². The predicted molar refractivity (Wildman–Crippen MR) is 103 cm³/mol. The van der Waals surface area contributed by atoms with Crippen LogP contribution in [0.1, 0.15) is 11.1 Å². The van der Waals surface area contributed by atoms with Crippen LogP contribution in [0.15, 0.2) is 53.4 Å². The van der Waals surface area contributed by atoms with Crippen LogP contribution in [0.2, 0.25) is 0 Å². The first-order chi connectivity index (χ1) is 12.5. The first-order valence-electron chi connectivity index (χ1n) is 7.88. The molecule has 1 aliphatic rings. The summed E-state index contributed by atoms with van der Waals surface area (Å²) in [5.41, 5.74) is 2.55. The van der Waals surface area contributed by atoms with Crippen molar-refractivity contribution in [3.05, 3.63) is 64.6 Å². The fourth-order valence-corrected chi connectivity index (χ4v) is 3.06. The molecule has 0 aliphatic carbocycles. The number of anilines is 1. The topological polar surface area (TPSA) is 91.3 Å². The molecule has 1 aliphatic heterocycles. The van der Waals surface area contributed by atoms with E-state index in [-0.39, 0.29) is 23.6 Å². The van der Waals surface area contributed by atoms with Gasteiger partial charge in [-0.05, 0) is 60.2 Å². The summed E-state index contributed by atoms with van der Waals surface area (Å²) in [5.74, 6) is -0.0143. The Morgan fingerprint density at radius 3 is 2.81 bits per heavy atom. The first kappa shape index (κ1) is 17.8. The van der Waals surface area contributed by atoms with Crippen molar-refractivity contribution in [2.24, 2.45) is 0 Å². The standard InChI is InChI=1S/C19H17N3O3S/c1-12-4-2-6-14(8-12)21-17(23)11-25-15-7-3-5-13(9-15)10-16-18(24)22-19(20)26-16/h2-10H,11H2,1H3,(H,21,23)(H2,20,22,24)/b16-10-. The van der Waals surface area contributed by atoms with Gasteiger partial charge in [0.25, 0.3) is 11.8 Å². The van der Waals surface area contributed by atoms with Crippen LogP contribution in [0.25, 0.3) is 6.08 Å². The summed E-state index contributed by atoms with van der Waals surface area (Å²) in [6.45, 7) is 1.84. The van der Waals surface area contributed by atoms with Crippen LogP contribution in [-0.4, -0.2) is 23.6 Å². The SMILES string of the molecule is Cc1cccc(NC(=O)COc2cccc(/C=C3\SC(=N)NC3=O)c2)c1. The van der Waals surface area contributed by atoms with Crippen molar-refractivity contribution in [2.45, 2.75) is 6.92 Å². The predicted octanol–water partition coefficient (Wildman–Crippen LogP) is 3.15. The number of amidine groups is 1. The molecular formula is C19H17N3O3S. The molecule has 1 fully saturated rings. The molecule has 6 nitrogen and oxygen atoms in total. The Balaban J connectivity index is 1.60. The number of ether oxygens (including phenoxy) is 1. The highest BCUT2D eigenvalue weighted by molar-refractivity contribution is 8.18. The highest BCUT2D eigenvalue weighted by atomic mass is 32.2. The highest BCUT2D eigenvalue weighted by Gasteiger charge is 2.22. The number of nitrogens with one attached hydrogen (secondary N) is 3. The lowest BCUT2D eigenvalue weighted by Crippen LogP contribution is -2.20. The number of hydrogen-bond acceptors (Lipinski definition) is 5. The number of amides is 2. The third-order valence-corrected chi connectivity index (χ3v) is 4.32. The molecule has 26 heavy (non-hydrogen) atoms. The Hall–Kier alpha value is -3.06. The van der Waals surface area contributed by atoms with Crippen molar-refractivity contribution < 1.29 is 14.3 Å². The average Bonchev–Trinajstić information content (AvgIpc) is 2.91. The van der Waals surface area contributed by atoms with Crippen molar-refractivity contribution in [3.63, 3.8) is 0 Å². The summed E-state index contributed by atoms with van der Waals surface area (Å²) in [5, 5.41) is 12.8. The molecule has 2 aromatic rings. The number of aryl methyl sites for hydroxylation is 1. The van der Waals surface area contributed by atoms with Crippen LogP contribution >= 0.6 is 11.8 Å². The van der Waals surface area contributed by atoms with E-state index in [1.807, 2.05) is 37.3 Å². The molecule has 0 saturated carbocycles. The van der Waals surface area contributed by atoms with Gasteiger partial charge in [-0.25, -0.2) is 0 Å². The molecule has 3 rings (SSSR count). The minimum Gasteiger partial charge on any atom is -0.484 e. The number of benzene rings is 2. The molecule has 0 unspecified atom stereocenters. The van der Waals surface area contributed by atoms with Crippen LogP contribution in [-0.2, 0) is 9.59 Å². The smallest absolute Gasteiger partial charge is 0.264 e. The lowest BCUT2D eigenvalue weighted by Gasteiger charge is -2.08. The Kier molecular flexibility index (Phi) is 5.38. The molecule has 2 amide bonds. The number of carbonyl (C=O) groups is 2. The minimum absolute atomic E-state index is 0.112. The van der Waals surface area contributed by atoms with Gasteiger partial charge in [0, 0.05) is 5.69 Å². The lowest BCUT2D eigenvalue weighted by atomic mass is 10.2. The molecule has 0 atom stereocenters. The largest absolute Gasteiger partial charge is 0.484 e. The highest BCUT2D eigenvalue weighted by Crippen LogP contribution is 2.26. The van der Waals surface area contributed by atoms with Gasteiger partial charge in [0.05, 0.1) is 4.91 Å². The Morgan fingerprint density at radius 1 is 1.27 bits per heavy atom. The van der Waals surface area contributed by atoms with Crippen molar-refractivity contribution in [1.82, 2.24) is 5.32 Å². The third kappa shape index (κ3) is 4.73. The summed E-state index contributed by atoms with van der Waals surface area (Å²) < 4.78 is 5.53. The van der Waals surface area contributed by atoms with Gasteiger partial charge in [-0.2, -0.15) is 0 Å². The zero-order valence-electron chi connectivity index (χ0n) is 14.0. The van der Waals surface area contributed by atoms with E-state index >= 15 is 0 Å². The Bertz CT molecular complexity index is 908. The second-order valence-corrected chi connectivity index (χ2v) is 6.72. The van der Waals surface area contributed by atoms with Crippen molar-refractivity contribution >= 4 is 40.5 Å². The summed E-state index contributed by atoms with van der Waals surface area (Å²) in [6.07, 6.45) is 1.68. The van der Waals surface area contributed by atoms with Gasteiger partial charge >= 0.3 is 0 Å². The zero-order chi connectivity index (χ0) is 18.5. The Labute approximate surface area is 155 Å². The van der Waals surface area contributed by atoms with Crippen LogP contribution in [0.4, 0.5) is 5.69 Å². The van der Waals surface area contributed by atoms with E-state index in [1.165, 1.54) is 0 Å². The van der Waals surface area contributed by atoms with E-state index in [0.717, 1.165) is 28.6 Å². The molecule has 1 saturated heterocycles. The van der Waals surface area contributed by atoms with E-state index in [1.54, 1.807) is 24.3 Å². The van der Waals surface area contributed by atoms with Crippen LogP contribution in [0, 0.1) is 12.3 Å². The second kappa shape index (κ2) is 7.88. The number of rotatable bonds is 5. The fraction of sp³-hybridized carbons (Fsp3) is 0.105. The molecule has 0 radical (unpaired) electrons. The molecule has 0 bridgehead atoms. The maximum atomic E-state index is 12.0. The van der Waals surface area contributed by atoms with E-state index in [9.17, 15) is 9.59 Å². The molecule has 2 aromatic carbocycles. The van der Waals surface area contributed by atoms with Gasteiger partial charge in [0.1, 0.15) is 5.75 Å². The minimum atomic E-state index is -0.288. The van der Waals surface area contributed by atoms with E-state index < -0.39 is 0 Å². The maximum absolute atomic E-state index is 12.0. The van der Waals surface area contributed by atoms with Gasteiger partial charge < -0.3 is 15.4 Å². The second-order valence-electron chi connectivity index (χ2n) is 5.67. The Morgan fingerprint density at radius 2 is 2.08 bits per heavy atom. The summed E-state index contributed by atoms with van der Waals surface area (Å²) in [4.78, 5) is 24.1. The number of thioether (sulfide) groups is 1. The number of carbonyl (C=O) groups excluding carboxylic acids is 2. The zero-order valence-corrected chi connectivity index (χ0v) is 14.9. The van der Waals surface area contributed by atoms with Crippen molar-refractivity contribution in [1.29, 1.82) is 5.41 Å². The van der Waals surface area contributed by atoms with Gasteiger partial charge in [-0.3, -0.25) is 15.0 Å². The average molecular weight is 367 g/mol. The fourth-order valence-electron chi connectivity index (χ4n) is 2.36. The molecule has 0 spiro atoms. The van der Waals surface area contributed by atoms with E-state index in [4.69, 9.17) is 10.1 Å². The molecule has 3 N–H and O–H groups in total. The van der Waals surface area contributed by atoms with Crippen molar-refractivity contribution in [2.75, 3.05) is 11.9 Å². The van der Waals surface area contributed by atoms with Gasteiger partial charge in [0.15, 0.2) is 11.8 Å². The quantitative estimate of drug-likeness (QED) is 0.708. The maximum Gasteiger partial charge on any atom is 0.264 e. The monoisotopic (exact) mass is 367 g/mol. The molecule has 0 aromatic heterocycles. The lowest BCUT2D eigenvalue weighted by molar-refractivity contribution is -0.118. The van der Waals surface area contributed by atoms with E-state index in [2.05, 4.69) is 10.6 Å². The van der Waals surface area contributed by atoms with Gasteiger partial charge in [-0.15, -0.1) is 0 Å². The van der Waals surface area contributed by atoms with Gasteiger partial charge in [0.2, 0.25) is 0 Å². The molecule has 7 heteroatoms. The molecule has 1 heterocycles. The summed E-state index contributed by atoms with van der Waals surface area (Å²) >= 11 is 1.07. The number of hydrogen-bond donors (Lipinski definition) is 3.